The normalized spacial score (nSPS) is 21.4. The van der Waals surface area contributed by atoms with E-state index in [0.29, 0.717) is 5.25 Å². The molecule has 0 spiro atoms. The van der Waals surface area contributed by atoms with Crippen molar-refractivity contribution in [1.82, 2.24) is 10.4 Å². The molecule has 0 aliphatic carbocycles. The maximum Gasteiger partial charge on any atom is 0.0705 e. The van der Waals surface area contributed by atoms with Gasteiger partial charge in [-0.15, -0.1) is 0 Å². The predicted molar refractivity (Wildman–Crippen MR) is 81.9 cm³/mol. The summed E-state index contributed by atoms with van der Waals surface area (Å²) >= 11 is 2.04. The third-order valence-corrected chi connectivity index (χ3v) is 5.24. The number of hydrogen-bond acceptors (Lipinski definition) is 4. The number of benzene rings is 1. The maximum absolute atomic E-state index is 5.84. The van der Waals surface area contributed by atoms with Gasteiger partial charge in [-0.05, 0) is 36.3 Å². The number of thioether (sulfide) groups is 1. The van der Waals surface area contributed by atoms with E-state index in [1.807, 2.05) is 24.0 Å². The van der Waals surface area contributed by atoms with Crippen molar-refractivity contribution in [2.24, 2.45) is 5.84 Å². The minimum Gasteiger partial charge on any atom is -0.271 e. The Labute approximate surface area is 117 Å². The molecule has 3 rings (SSSR count). The highest BCUT2D eigenvalue weighted by Crippen LogP contribution is 2.36. The Hall–Kier alpha value is -1.10. The Balaban J connectivity index is 2.00. The second-order valence-electron chi connectivity index (χ2n) is 4.97. The largest absolute Gasteiger partial charge is 0.271 e. The summed E-state index contributed by atoms with van der Waals surface area (Å²) in [6, 6.07) is 10.6. The van der Waals surface area contributed by atoms with Crippen molar-refractivity contribution in [2.45, 2.75) is 30.6 Å². The van der Waals surface area contributed by atoms with Gasteiger partial charge in [0.25, 0.3) is 0 Å². The topological polar surface area (TPSA) is 50.9 Å². The molecular formula is C15H19N3S. The zero-order valence-corrected chi connectivity index (χ0v) is 11.7. The molecule has 0 bridgehead atoms. The average molecular weight is 273 g/mol. The highest BCUT2D eigenvalue weighted by atomic mass is 32.2. The summed E-state index contributed by atoms with van der Waals surface area (Å²) in [5, 5.41) is 1.77. The van der Waals surface area contributed by atoms with Crippen LogP contribution in [0.2, 0.25) is 0 Å². The molecule has 1 aliphatic heterocycles. The van der Waals surface area contributed by atoms with Crippen molar-refractivity contribution in [1.29, 1.82) is 0 Å². The van der Waals surface area contributed by atoms with Crippen molar-refractivity contribution < 1.29 is 0 Å². The Morgan fingerprint density at radius 3 is 3.00 bits per heavy atom. The van der Waals surface area contributed by atoms with Crippen molar-refractivity contribution in [3.8, 4) is 0 Å². The first kappa shape index (κ1) is 12.9. The summed E-state index contributed by atoms with van der Waals surface area (Å²) in [6.07, 6.45) is 5.71. The molecule has 0 amide bonds. The van der Waals surface area contributed by atoms with E-state index >= 15 is 0 Å². The van der Waals surface area contributed by atoms with Crippen LogP contribution < -0.4 is 11.3 Å². The summed E-state index contributed by atoms with van der Waals surface area (Å²) < 4.78 is 0. The lowest BCUT2D eigenvalue weighted by Gasteiger charge is -2.30. The van der Waals surface area contributed by atoms with Gasteiger partial charge in [-0.3, -0.25) is 16.3 Å². The number of nitrogens with one attached hydrogen (secondary N) is 1. The quantitative estimate of drug-likeness (QED) is 0.666. The Bertz CT molecular complexity index is 547. The maximum atomic E-state index is 5.84. The zero-order chi connectivity index (χ0) is 13.1. The van der Waals surface area contributed by atoms with Crippen molar-refractivity contribution in [3.63, 3.8) is 0 Å². The zero-order valence-electron chi connectivity index (χ0n) is 10.9. The number of hydrazine groups is 1. The molecule has 2 atom stereocenters. The molecule has 2 unspecified atom stereocenters. The molecule has 4 heteroatoms. The standard InChI is InChI=1S/C15H19N3S/c16-18-15(14-8-1-2-10-19-14)12-5-3-7-13-11(12)6-4-9-17-13/h3-7,9,14-15,18H,1-2,8,10,16H2. The molecule has 2 aromatic rings. The first-order valence-electron chi connectivity index (χ1n) is 6.81. The van der Waals surface area contributed by atoms with Gasteiger partial charge >= 0.3 is 0 Å². The van der Waals surface area contributed by atoms with Crippen LogP contribution in [-0.4, -0.2) is 16.0 Å². The van der Waals surface area contributed by atoms with Gasteiger partial charge in [0.1, 0.15) is 0 Å². The van der Waals surface area contributed by atoms with Crippen molar-refractivity contribution in [3.05, 3.63) is 42.1 Å². The van der Waals surface area contributed by atoms with Crippen molar-refractivity contribution >= 4 is 22.7 Å². The molecular weight excluding hydrogens is 254 g/mol. The fourth-order valence-electron chi connectivity index (χ4n) is 2.82. The monoisotopic (exact) mass is 273 g/mol. The van der Waals surface area contributed by atoms with Crippen LogP contribution in [0.5, 0.6) is 0 Å². The van der Waals surface area contributed by atoms with Crippen LogP contribution >= 0.6 is 11.8 Å². The minimum absolute atomic E-state index is 0.207. The highest BCUT2D eigenvalue weighted by molar-refractivity contribution is 8.00. The Morgan fingerprint density at radius 1 is 1.26 bits per heavy atom. The number of hydrogen-bond donors (Lipinski definition) is 2. The van der Waals surface area contributed by atoms with Crippen LogP contribution in [0.4, 0.5) is 0 Å². The number of nitrogens with zero attached hydrogens (tertiary/aromatic N) is 1. The smallest absolute Gasteiger partial charge is 0.0705 e. The van der Waals surface area contributed by atoms with E-state index in [4.69, 9.17) is 5.84 Å². The molecule has 100 valence electrons. The van der Waals surface area contributed by atoms with E-state index in [0.717, 1.165) is 5.52 Å². The molecule has 1 aromatic heterocycles. The third-order valence-electron chi connectivity index (χ3n) is 3.78. The van der Waals surface area contributed by atoms with Crippen LogP contribution in [0.15, 0.2) is 36.5 Å². The molecule has 1 fully saturated rings. The lowest BCUT2D eigenvalue weighted by Crippen LogP contribution is -2.36. The van der Waals surface area contributed by atoms with Gasteiger partial charge in [0.15, 0.2) is 0 Å². The lowest BCUT2D eigenvalue weighted by molar-refractivity contribution is 0.494. The summed E-state index contributed by atoms with van der Waals surface area (Å²) in [4.78, 5) is 4.43. The molecule has 3 nitrogen and oxygen atoms in total. The Morgan fingerprint density at radius 2 is 2.21 bits per heavy atom. The molecule has 0 saturated carbocycles. The van der Waals surface area contributed by atoms with E-state index in [9.17, 15) is 0 Å². The van der Waals surface area contributed by atoms with E-state index in [2.05, 4.69) is 34.7 Å². The van der Waals surface area contributed by atoms with Gasteiger partial charge in [-0.25, -0.2) is 0 Å². The predicted octanol–water partition coefficient (Wildman–Crippen LogP) is 3.02. The molecule has 19 heavy (non-hydrogen) atoms. The number of pyridine rings is 1. The van der Waals surface area contributed by atoms with Gasteiger partial charge in [-0.2, -0.15) is 11.8 Å². The fraction of sp³-hybridized carbons (Fsp3) is 0.400. The first-order valence-corrected chi connectivity index (χ1v) is 7.86. The fourth-order valence-corrected chi connectivity index (χ4v) is 4.25. The lowest BCUT2D eigenvalue weighted by atomic mass is 9.96. The van der Waals surface area contributed by atoms with Gasteiger partial charge < -0.3 is 0 Å². The molecule has 3 N–H and O–H groups in total. The number of fused-ring (bicyclic) bond motifs is 1. The molecule has 1 aliphatic rings. The van der Waals surface area contributed by atoms with E-state index in [1.165, 1.54) is 36.0 Å². The first-order chi connectivity index (χ1) is 9.40. The average Bonchev–Trinajstić information content (AvgIpc) is 2.49. The molecule has 0 radical (unpaired) electrons. The number of nitrogens with two attached hydrogens (primary N) is 1. The van der Waals surface area contributed by atoms with Gasteiger partial charge in [0, 0.05) is 16.8 Å². The third kappa shape index (κ3) is 2.61. The second-order valence-corrected chi connectivity index (χ2v) is 6.31. The van der Waals surface area contributed by atoms with Crippen LogP contribution in [0.25, 0.3) is 10.9 Å². The van der Waals surface area contributed by atoms with Crippen LogP contribution in [0.3, 0.4) is 0 Å². The van der Waals surface area contributed by atoms with Crippen molar-refractivity contribution in [2.75, 3.05) is 5.75 Å². The summed E-state index contributed by atoms with van der Waals surface area (Å²) in [5.74, 6) is 7.08. The van der Waals surface area contributed by atoms with Crippen LogP contribution in [-0.2, 0) is 0 Å². The number of aromatic nitrogens is 1. The van der Waals surface area contributed by atoms with Gasteiger partial charge in [0.05, 0.1) is 11.6 Å². The molecule has 1 aromatic carbocycles. The van der Waals surface area contributed by atoms with Gasteiger partial charge in [0.2, 0.25) is 0 Å². The second kappa shape index (κ2) is 5.90. The summed E-state index contributed by atoms with van der Waals surface area (Å²) in [7, 11) is 0. The summed E-state index contributed by atoms with van der Waals surface area (Å²) in [5.41, 5.74) is 5.35. The highest BCUT2D eigenvalue weighted by Gasteiger charge is 2.25. The van der Waals surface area contributed by atoms with E-state index < -0.39 is 0 Å². The molecule has 1 saturated heterocycles. The van der Waals surface area contributed by atoms with Crippen LogP contribution in [0.1, 0.15) is 30.9 Å². The van der Waals surface area contributed by atoms with Gasteiger partial charge in [-0.1, -0.05) is 24.6 Å². The minimum atomic E-state index is 0.207. The number of rotatable bonds is 3. The summed E-state index contributed by atoms with van der Waals surface area (Å²) in [6.45, 7) is 0. The molecule has 2 heterocycles. The van der Waals surface area contributed by atoms with E-state index in [1.54, 1.807) is 0 Å². The Kier molecular flexibility index (Phi) is 4.01. The SMILES string of the molecule is NNC(c1cccc2ncccc12)C1CCCCS1. The van der Waals surface area contributed by atoms with E-state index in [-0.39, 0.29) is 6.04 Å². The van der Waals surface area contributed by atoms with Crippen LogP contribution in [0, 0.1) is 0 Å².